The van der Waals surface area contributed by atoms with Crippen LogP contribution in [0.3, 0.4) is 0 Å². The smallest absolute Gasteiger partial charge is 0.111 e. The number of halogens is 2. The molecule has 0 N–H and O–H groups in total. The predicted molar refractivity (Wildman–Crippen MR) is 88.8 cm³/mol. The van der Waals surface area contributed by atoms with Gasteiger partial charge in [-0.2, -0.15) is 5.10 Å². The van der Waals surface area contributed by atoms with Crippen molar-refractivity contribution in [2.75, 3.05) is 5.88 Å². The Bertz CT molecular complexity index is 762. The van der Waals surface area contributed by atoms with Crippen LogP contribution in [0.1, 0.15) is 11.4 Å². The van der Waals surface area contributed by atoms with E-state index in [-0.39, 0.29) is 0 Å². The average Bonchev–Trinajstić information content (AvgIpc) is 3.01. The molecule has 0 aliphatic heterocycles. The molecule has 0 fully saturated rings. The number of hydrogen-bond acceptors (Lipinski definition) is 2. The number of hydrogen-bond donors (Lipinski definition) is 0. The van der Waals surface area contributed by atoms with Gasteiger partial charge in [0.2, 0.25) is 0 Å². The maximum atomic E-state index is 5.91. The van der Waals surface area contributed by atoms with Gasteiger partial charge in [-0.3, -0.25) is 4.68 Å². The molecule has 4 nitrogen and oxygen atoms in total. The fourth-order valence-corrected chi connectivity index (χ4v) is 3.03. The van der Waals surface area contributed by atoms with Crippen LogP contribution in [-0.4, -0.2) is 25.2 Å². The highest BCUT2D eigenvalue weighted by Gasteiger charge is 2.11. The lowest BCUT2D eigenvalue weighted by molar-refractivity contribution is 0.674. The predicted octanol–water partition coefficient (Wildman–Crippen LogP) is 3.56. The zero-order valence-corrected chi connectivity index (χ0v) is 14.1. The molecule has 110 valence electrons. The Morgan fingerprint density at radius 3 is 2.86 bits per heavy atom. The molecule has 0 saturated carbocycles. The van der Waals surface area contributed by atoms with E-state index in [4.69, 9.17) is 16.6 Å². The van der Waals surface area contributed by atoms with Gasteiger partial charge in [0.25, 0.3) is 0 Å². The Morgan fingerprint density at radius 2 is 2.14 bits per heavy atom. The van der Waals surface area contributed by atoms with Gasteiger partial charge in [0.1, 0.15) is 5.82 Å². The molecule has 0 unspecified atom stereocenters. The van der Waals surface area contributed by atoms with Crippen molar-refractivity contribution in [1.82, 2.24) is 19.3 Å². The van der Waals surface area contributed by atoms with Crippen molar-refractivity contribution in [2.24, 2.45) is 7.05 Å². The van der Waals surface area contributed by atoms with Crippen molar-refractivity contribution in [3.63, 3.8) is 0 Å². The minimum Gasteiger partial charge on any atom is -0.328 e. The van der Waals surface area contributed by atoms with E-state index in [0.29, 0.717) is 5.88 Å². The summed E-state index contributed by atoms with van der Waals surface area (Å²) in [7, 11) is 1.94. The summed E-state index contributed by atoms with van der Waals surface area (Å²) >= 11 is 9.45. The van der Waals surface area contributed by atoms with Crippen LogP contribution >= 0.6 is 27.5 Å². The third-order valence-electron chi connectivity index (χ3n) is 3.49. The van der Waals surface area contributed by atoms with Crippen molar-refractivity contribution >= 4 is 38.6 Å². The molecular formula is C15H16BrClN4. The van der Waals surface area contributed by atoms with E-state index < -0.39 is 0 Å². The van der Waals surface area contributed by atoms with Crippen molar-refractivity contribution in [3.8, 4) is 0 Å². The lowest BCUT2D eigenvalue weighted by Gasteiger charge is -2.07. The molecule has 0 aliphatic rings. The van der Waals surface area contributed by atoms with E-state index in [0.717, 1.165) is 40.7 Å². The highest BCUT2D eigenvalue weighted by Crippen LogP contribution is 2.22. The second-order valence-electron chi connectivity index (χ2n) is 5.02. The topological polar surface area (TPSA) is 35.6 Å². The van der Waals surface area contributed by atoms with Gasteiger partial charge < -0.3 is 4.57 Å². The van der Waals surface area contributed by atoms with Crippen LogP contribution < -0.4 is 0 Å². The van der Waals surface area contributed by atoms with Crippen molar-refractivity contribution in [3.05, 3.63) is 46.5 Å². The van der Waals surface area contributed by atoms with Gasteiger partial charge in [0.15, 0.2) is 0 Å². The second-order valence-corrected chi connectivity index (χ2v) is 6.32. The molecule has 2 heterocycles. The van der Waals surface area contributed by atoms with Gasteiger partial charge in [-0.15, -0.1) is 11.6 Å². The molecular weight excluding hydrogens is 352 g/mol. The second kappa shape index (κ2) is 6.20. The zero-order chi connectivity index (χ0) is 14.8. The van der Waals surface area contributed by atoms with Gasteiger partial charge in [0, 0.05) is 36.6 Å². The van der Waals surface area contributed by atoms with Crippen molar-refractivity contribution in [1.29, 1.82) is 0 Å². The van der Waals surface area contributed by atoms with Crippen molar-refractivity contribution < 1.29 is 0 Å². The highest BCUT2D eigenvalue weighted by atomic mass is 79.9. The molecule has 21 heavy (non-hydrogen) atoms. The SMILES string of the molecule is Cn1cc(CCn2c(CCCl)nc3ccc(Br)cc32)cn1. The third-order valence-corrected chi connectivity index (χ3v) is 4.17. The van der Waals surface area contributed by atoms with Gasteiger partial charge in [-0.25, -0.2) is 4.98 Å². The van der Waals surface area contributed by atoms with Crippen molar-refractivity contribution in [2.45, 2.75) is 19.4 Å². The van der Waals surface area contributed by atoms with Crippen LogP contribution in [0.25, 0.3) is 11.0 Å². The highest BCUT2D eigenvalue weighted by molar-refractivity contribution is 9.10. The standard InChI is InChI=1S/C15H16BrClN4/c1-20-10-11(9-18-20)5-7-21-14-8-12(16)2-3-13(14)19-15(21)4-6-17/h2-3,8-10H,4-7H2,1H3. The van der Waals surface area contributed by atoms with E-state index in [9.17, 15) is 0 Å². The van der Waals surface area contributed by atoms with E-state index >= 15 is 0 Å². The van der Waals surface area contributed by atoms with Crippen LogP contribution in [0.5, 0.6) is 0 Å². The maximum absolute atomic E-state index is 5.91. The molecule has 0 aliphatic carbocycles. The van der Waals surface area contributed by atoms with Gasteiger partial charge >= 0.3 is 0 Å². The van der Waals surface area contributed by atoms with E-state index in [2.05, 4.69) is 37.9 Å². The number of nitrogens with zero attached hydrogens (tertiary/aromatic N) is 4. The molecule has 2 aromatic heterocycles. The first-order valence-corrected chi connectivity index (χ1v) is 8.18. The summed E-state index contributed by atoms with van der Waals surface area (Å²) in [6.45, 7) is 0.880. The number of imidazole rings is 1. The van der Waals surface area contributed by atoms with Crippen LogP contribution in [0.15, 0.2) is 35.1 Å². The Hall–Kier alpha value is -1.33. The van der Waals surface area contributed by atoms with Gasteiger partial charge in [-0.1, -0.05) is 15.9 Å². The van der Waals surface area contributed by atoms with Gasteiger partial charge in [0.05, 0.1) is 17.2 Å². The summed E-state index contributed by atoms with van der Waals surface area (Å²) < 4.78 is 5.16. The summed E-state index contributed by atoms with van der Waals surface area (Å²) in [6.07, 6.45) is 5.68. The van der Waals surface area contributed by atoms with Crippen LogP contribution in [0, 0.1) is 0 Å². The number of rotatable bonds is 5. The van der Waals surface area contributed by atoms with Gasteiger partial charge in [-0.05, 0) is 30.2 Å². The summed E-state index contributed by atoms with van der Waals surface area (Å²) in [6, 6.07) is 6.17. The summed E-state index contributed by atoms with van der Waals surface area (Å²) in [5, 5.41) is 4.21. The zero-order valence-electron chi connectivity index (χ0n) is 11.8. The van der Waals surface area contributed by atoms with E-state index in [1.54, 1.807) is 0 Å². The Balaban J connectivity index is 1.94. The Kier molecular flexibility index (Phi) is 4.31. The molecule has 0 radical (unpaired) electrons. The van der Waals surface area contributed by atoms with Crippen LogP contribution in [-0.2, 0) is 26.4 Å². The molecule has 6 heteroatoms. The fourth-order valence-electron chi connectivity index (χ4n) is 2.51. The van der Waals surface area contributed by atoms with E-state index in [1.807, 2.05) is 30.1 Å². The number of aryl methyl sites for hydroxylation is 4. The molecule has 0 spiro atoms. The van der Waals surface area contributed by atoms with Crippen LogP contribution in [0.4, 0.5) is 0 Å². The largest absolute Gasteiger partial charge is 0.328 e. The minimum absolute atomic E-state index is 0.581. The quantitative estimate of drug-likeness (QED) is 0.646. The monoisotopic (exact) mass is 366 g/mol. The van der Waals surface area contributed by atoms with E-state index in [1.165, 1.54) is 5.56 Å². The first-order chi connectivity index (χ1) is 10.2. The number of alkyl halides is 1. The Morgan fingerprint density at radius 1 is 1.29 bits per heavy atom. The first-order valence-electron chi connectivity index (χ1n) is 6.85. The fraction of sp³-hybridized carbons (Fsp3) is 0.333. The average molecular weight is 368 g/mol. The molecule has 0 atom stereocenters. The maximum Gasteiger partial charge on any atom is 0.111 e. The molecule has 0 saturated heterocycles. The normalized spacial score (nSPS) is 11.4. The molecule has 1 aromatic carbocycles. The summed E-state index contributed by atoms with van der Waals surface area (Å²) in [5.74, 6) is 1.62. The summed E-state index contributed by atoms with van der Waals surface area (Å²) in [4.78, 5) is 4.70. The van der Waals surface area contributed by atoms with Crippen LogP contribution in [0.2, 0.25) is 0 Å². The third kappa shape index (κ3) is 3.14. The number of aromatic nitrogens is 4. The molecule has 3 aromatic rings. The lowest BCUT2D eigenvalue weighted by atomic mass is 10.2. The Labute approximate surface area is 136 Å². The minimum atomic E-state index is 0.581. The summed E-state index contributed by atoms with van der Waals surface area (Å²) in [5.41, 5.74) is 3.39. The first kappa shape index (κ1) is 14.6. The molecule has 0 bridgehead atoms. The number of fused-ring (bicyclic) bond motifs is 1. The molecule has 0 amide bonds. The molecule has 3 rings (SSSR count). The number of benzene rings is 1. The lowest BCUT2D eigenvalue weighted by Crippen LogP contribution is -2.06.